The van der Waals surface area contributed by atoms with Gasteiger partial charge < -0.3 is 19.3 Å². The van der Waals surface area contributed by atoms with Crippen LogP contribution in [0.5, 0.6) is 0 Å². The average molecular weight is 478 g/mol. The van der Waals surface area contributed by atoms with Crippen molar-refractivity contribution in [2.24, 2.45) is 0 Å². The number of nitrogens with zero attached hydrogens (tertiary/aromatic N) is 6. The van der Waals surface area contributed by atoms with Gasteiger partial charge in [0.2, 0.25) is 0 Å². The molecular weight excluding hydrogens is 454 g/mol. The van der Waals surface area contributed by atoms with Gasteiger partial charge in [-0.05, 0) is 56.5 Å². The molecule has 0 aliphatic carbocycles. The summed E-state index contributed by atoms with van der Waals surface area (Å²) in [5.74, 6) is 2.10. The number of urea groups is 1. The summed E-state index contributed by atoms with van der Waals surface area (Å²) in [6.45, 7) is 4.92. The minimum atomic E-state index is -0.224. The van der Waals surface area contributed by atoms with Crippen LogP contribution in [0.1, 0.15) is 41.9 Å². The minimum Gasteiger partial charge on any atom is -0.359 e. The molecule has 34 heavy (non-hydrogen) atoms. The van der Waals surface area contributed by atoms with Gasteiger partial charge in [0.25, 0.3) is 0 Å². The van der Waals surface area contributed by atoms with Gasteiger partial charge in [-0.2, -0.15) is 0 Å². The molecule has 1 fully saturated rings. The van der Waals surface area contributed by atoms with Crippen molar-refractivity contribution in [2.75, 3.05) is 11.9 Å². The Kier molecular flexibility index (Phi) is 6.02. The van der Waals surface area contributed by atoms with E-state index < -0.39 is 0 Å². The number of amides is 2. The van der Waals surface area contributed by atoms with Crippen LogP contribution in [0.2, 0.25) is 5.02 Å². The molecular formula is C24H24ClN7O2. The molecule has 0 bridgehead atoms. The third kappa shape index (κ3) is 4.26. The number of carbonyl (C=O) groups excluding carboxylic acids is 1. The summed E-state index contributed by atoms with van der Waals surface area (Å²) in [6, 6.07) is 11.0. The number of rotatable bonds is 5. The summed E-state index contributed by atoms with van der Waals surface area (Å²) in [4.78, 5) is 19.4. The lowest BCUT2D eigenvalue weighted by molar-refractivity contribution is 0.203. The van der Waals surface area contributed by atoms with E-state index in [0.717, 1.165) is 35.6 Å². The number of pyridine rings is 1. The highest BCUT2D eigenvalue weighted by atomic mass is 35.5. The van der Waals surface area contributed by atoms with Gasteiger partial charge in [-0.3, -0.25) is 4.98 Å². The standard InChI is InChI=1S/C24H24ClN7O2/c1-15-21(22(30-34-15)18-5-3-11-26-13-18)27-24(33)31-12-4-6-20(31)23-29-28-16(2)32(23)14-17-7-9-19(25)10-8-17/h3,5,7-11,13,20H,4,6,12,14H2,1-2H3,(H,27,33)/t20-/m1/s1. The normalized spacial score (nSPS) is 15.6. The first-order valence-corrected chi connectivity index (χ1v) is 11.5. The molecule has 10 heteroatoms. The molecule has 1 N–H and O–H groups in total. The molecule has 1 aliphatic heterocycles. The number of hydrogen-bond donors (Lipinski definition) is 1. The van der Waals surface area contributed by atoms with E-state index in [1.54, 1.807) is 24.2 Å². The van der Waals surface area contributed by atoms with E-state index in [9.17, 15) is 4.79 Å². The number of aryl methyl sites for hydroxylation is 2. The van der Waals surface area contributed by atoms with Gasteiger partial charge in [-0.15, -0.1) is 10.2 Å². The Morgan fingerprint density at radius 1 is 1.21 bits per heavy atom. The van der Waals surface area contributed by atoms with E-state index in [0.29, 0.717) is 35.3 Å². The van der Waals surface area contributed by atoms with Crippen molar-refractivity contribution in [1.82, 2.24) is 29.8 Å². The summed E-state index contributed by atoms with van der Waals surface area (Å²) in [7, 11) is 0. The first kappa shape index (κ1) is 22.1. The predicted octanol–water partition coefficient (Wildman–Crippen LogP) is 5.02. The summed E-state index contributed by atoms with van der Waals surface area (Å²) >= 11 is 6.04. The Labute approximate surface area is 201 Å². The van der Waals surface area contributed by atoms with Crippen molar-refractivity contribution in [2.45, 2.75) is 39.3 Å². The molecule has 4 aromatic rings. The quantitative estimate of drug-likeness (QED) is 0.433. The van der Waals surface area contributed by atoms with E-state index in [-0.39, 0.29) is 12.1 Å². The van der Waals surface area contributed by atoms with Crippen molar-refractivity contribution >= 4 is 23.3 Å². The van der Waals surface area contributed by atoms with Crippen molar-refractivity contribution in [1.29, 1.82) is 0 Å². The van der Waals surface area contributed by atoms with E-state index >= 15 is 0 Å². The zero-order valence-corrected chi connectivity index (χ0v) is 19.7. The second-order valence-electron chi connectivity index (χ2n) is 8.30. The molecule has 3 aromatic heterocycles. The molecule has 2 amide bonds. The maximum absolute atomic E-state index is 13.4. The Morgan fingerprint density at radius 2 is 2.03 bits per heavy atom. The number of likely N-dealkylation sites (tertiary alicyclic amines) is 1. The smallest absolute Gasteiger partial charge is 0.322 e. The lowest BCUT2D eigenvalue weighted by atomic mass is 10.1. The van der Waals surface area contributed by atoms with Crippen LogP contribution in [0.3, 0.4) is 0 Å². The van der Waals surface area contributed by atoms with E-state index in [2.05, 4.69) is 30.2 Å². The zero-order valence-electron chi connectivity index (χ0n) is 18.9. The molecule has 1 atom stereocenters. The first-order valence-electron chi connectivity index (χ1n) is 11.1. The lowest BCUT2D eigenvalue weighted by Gasteiger charge is -2.25. The zero-order chi connectivity index (χ0) is 23.7. The highest BCUT2D eigenvalue weighted by molar-refractivity contribution is 6.30. The summed E-state index contributed by atoms with van der Waals surface area (Å²) in [5.41, 5.74) is 2.95. The number of halogens is 1. The molecule has 1 aromatic carbocycles. The van der Waals surface area contributed by atoms with Crippen LogP contribution in [0.15, 0.2) is 53.3 Å². The summed E-state index contributed by atoms with van der Waals surface area (Å²) in [5, 5.41) is 16.6. The largest absolute Gasteiger partial charge is 0.359 e. The maximum Gasteiger partial charge on any atom is 0.322 e. The third-order valence-corrected chi connectivity index (χ3v) is 6.31. The average Bonchev–Trinajstić information content (AvgIpc) is 3.56. The molecule has 0 spiro atoms. The number of aromatic nitrogens is 5. The van der Waals surface area contributed by atoms with Gasteiger partial charge in [0.05, 0.1) is 12.6 Å². The maximum atomic E-state index is 13.4. The van der Waals surface area contributed by atoms with Crippen LogP contribution < -0.4 is 5.32 Å². The van der Waals surface area contributed by atoms with Crippen molar-refractivity contribution in [3.8, 4) is 11.3 Å². The van der Waals surface area contributed by atoms with Gasteiger partial charge in [0, 0.05) is 29.5 Å². The fourth-order valence-electron chi connectivity index (χ4n) is 4.29. The molecule has 5 rings (SSSR count). The Balaban J connectivity index is 1.39. The number of carbonyl (C=O) groups is 1. The van der Waals surface area contributed by atoms with E-state index in [1.165, 1.54) is 0 Å². The van der Waals surface area contributed by atoms with Gasteiger partial charge in [-0.25, -0.2) is 4.79 Å². The van der Waals surface area contributed by atoms with E-state index in [1.807, 2.05) is 43.3 Å². The number of anilines is 1. The third-order valence-electron chi connectivity index (χ3n) is 6.06. The second-order valence-corrected chi connectivity index (χ2v) is 8.74. The molecule has 4 heterocycles. The Morgan fingerprint density at radius 3 is 2.79 bits per heavy atom. The first-order chi connectivity index (χ1) is 16.5. The van der Waals surface area contributed by atoms with Gasteiger partial charge in [0.1, 0.15) is 17.2 Å². The van der Waals surface area contributed by atoms with Crippen molar-refractivity contribution in [3.05, 3.63) is 76.8 Å². The van der Waals surface area contributed by atoms with Crippen LogP contribution in [-0.2, 0) is 6.54 Å². The van der Waals surface area contributed by atoms with Gasteiger partial charge in [-0.1, -0.05) is 28.9 Å². The summed E-state index contributed by atoms with van der Waals surface area (Å²) in [6.07, 6.45) is 5.06. The minimum absolute atomic E-state index is 0.185. The molecule has 9 nitrogen and oxygen atoms in total. The van der Waals surface area contributed by atoms with Crippen LogP contribution >= 0.6 is 11.6 Å². The SMILES string of the molecule is Cc1onc(-c2cccnc2)c1NC(=O)N1CCC[C@@H]1c1nnc(C)n1Cc1ccc(Cl)cc1. The fourth-order valence-corrected chi connectivity index (χ4v) is 4.41. The molecule has 0 radical (unpaired) electrons. The number of nitrogens with one attached hydrogen (secondary N) is 1. The van der Waals surface area contributed by atoms with Crippen LogP contribution in [-0.4, -0.2) is 42.4 Å². The van der Waals surface area contributed by atoms with E-state index in [4.69, 9.17) is 16.1 Å². The van der Waals surface area contributed by atoms with Gasteiger partial charge >= 0.3 is 6.03 Å². The van der Waals surface area contributed by atoms with Crippen molar-refractivity contribution in [3.63, 3.8) is 0 Å². The Bertz CT molecular complexity index is 1300. The van der Waals surface area contributed by atoms with Crippen LogP contribution in [0.25, 0.3) is 11.3 Å². The molecule has 1 aliphatic rings. The Hall–Kier alpha value is -3.72. The molecule has 1 saturated heterocycles. The highest BCUT2D eigenvalue weighted by Gasteiger charge is 2.35. The monoisotopic (exact) mass is 477 g/mol. The predicted molar refractivity (Wildman–Crippen MR) is 127 cm³/mol. The molecule has 0 saturated carbocycles. The molecule has 174 valence electrons. The highest BCUT2D eigenvalue weighted by Crippen LogP contribution is 2.34. The topological polar surface area (TPSA) is 102 Å². The second kappa shape index (κ2) is 9.26. The van der Waals surface area contributed by atoms with Crippen molar-refractivity contribution < 1.29 is 9.32 Å². The van der Waals surface area contributed by atoms with Crippen LogP contribution in [0.4, 0.5) is 10.5 Å². The summed E-state index contributed by atoms with van der Waals surface area (Å²) < 4.78 is 7.44. The fraction of sp³-hybridized carbons (Fsp3) is 0.292. The molecule has 0 unspecified atom stereocenters. The number of hydrogen-bond acceptors (Lipinski definition) is 6. The number of benzene rings is 1. The lowest BCUT2D eigenvalue weighted by Crippen LogP contribution is -2.35. The van der Waals surface area contributed by atoms with Crippen LogP contribution in [0, 0.1) is 13.8 Å². The van der Waals surface area contributed by atoms with Gasteiger partial charge in [0.15, 0.2) is 11.6 Å².